The van der Waals surface area contributed by atoms with Gasteiger partial charge in [0.05, 0.1) is 13.0 Å². The van der Waals surface area contributed by atoms with Crippen LogP contribution in [0, 0.1) is 0 Å². The summed E-state index contributed by atoms with van der Waals surface area (Å²) in [6.45, 7) is 0.935. The van der Waals surface area contributed by atoms with Gasteiger partial charge in [-0.2, -0.15) is 0 Å². The van der Waals surface area contributed by atoms with E-state index in [-0.39, 0.29) is 5.91 Å². The Morgan fingerprint density at radius 1 is 1.26 bits per heavy atom. The van der Waals surface area contributed by atoms with Gasteiger partial charge in [-0.05, 0) is 35.7 Å². The highest BCUT2D eigenvalue weighted by atomic mass is 35.5. The molecular formula is C14H14ClNO2S. The second-order valence-electron chi connectivity index (χ2n) is 3.91. The van der Waals surface area contributed by atoms with Crippen LogP contribution in [0.2, 0.25) is 5.02 Å². The van der Waals surface area contributed by atoms with Crippen LogP contribution in [0.5, 0.6) is 5.75 Å². The van der Waals surface area contributed by atoms with E-state index in [4.69, 9.17) is 16.3 Å². The van der Waals surface area contributed by atoms with Crippen LogP contribution in [0.1, 0.15) is 4.88 Å². The van der Waals surface area contributed by atoms with Gasteiger partial charge in [-0.1, -0.05) is 17.7 Å². The summed E-state index contributed by atoms with van der Waals surface area (Å²) >= 11 is 7.35. The van der Waals surface area contributed by atoms with Gasteiger partial charge >= 0.3 is 0 Å². The van der Waals surface area contributed by atoms with Crippen molar-refractivity contribution in [3.05, 3.63) is 51.7 Å². The van der Waals surface area contributed by atoms with Gasteiger partial charge < -0.3 is 10.1 Å². The van der Waals surface area contributed by atoms with Crippen LogP contribution in [0.3, 0.4) is 0 Å². The second kappa shape index (κ2) is 7.16. The van der Waals surface area contributed by atoms with Crippen LogP contribution in [-0.2, 0) is 11.2 Å². The number of benzene rings is 1. The highest BCUT2D eigenvalue weighted by Crippen LogP contribution is 2.15. The molecule has 1 N–H and O–H groups in total. The van der Waals surface area contributed by atoms with Crippen LogP contribution in [-0.4, -0.2) is 19.1 Å². The van der Waals surface area contributed by atoms with Crippen molar-refractivity contribution in [2.45, 2.75) is 6.42 Å². The highest BCUT2D eigenvalue weighted by molar-refractivity contribution is 7.10. The Labute approximate surface area is 121 Å². The van der Waals surface area contributed by atoms with E-state index in [2.05, 4.69) is 5.32 Å². The van der Waals surface area contributed by atoms with Crippen LogP contribution < -0.4 is 10.1 Å². The predicted octanol–water partition coefficient (Wildman–Crippen LogP) is 3.14. The van der Waals surface area contributed by atoms with E-state index >= 15 is 0 Å². The summed E-state index contributed by atoms with van der Waals surface area (Å²) in [5, 5.41) is 5.46. The predicted molar refractivity (Wildman–Crippen MR) is 78.0 cm³/mol. The molecule has 3 nitrogen and oxygen atoms in total. The summed E-state index contributed by atoms with van der Waals surface area (Å²) in [6, 6.07) is 11.0. The lowest BCUT2D eigenvalue weighted by atomic mass is 10.3. The largest absolute Gasteiger partial charge is 0.492 e. The number of nitrogens with one attached hydrogen (secondary N) is 1. The number of halogens is 1. The van der Waals surface area contributed by atoms with E-state index in [1.54, 1.807) is 35.6 Å². The van der Waals surface area contributed by atoms with E-state index < -0.39 is 0 Å². The van der Waals surface area contributed by atoms with Gasteiger partial charge in [-0.15, -0.1) is 11.3 Å². The number of hydrogen-bond donors (Lipinski definition) is 1. The molecule has 0 spiro atoms. The van der Waals surface area contributed by atoms with E-state index in [1.807, 2.05) is 17.5 Å². The molecule has 0 radical (unpaired) electrons. The molecular weight excluding hydrogens is 282 g/mol. The molecule has 1 aromatic carbocycles. The number of carbonyl (C=O) groups excluding carboxylic acids is 1. The quantitative estimate of drug-likeness (QED) is 0.832. The van der Waals surface area contributed by atoms with Crippen LogP contribution in [0.25, 0.3) is 0 Å². The minimum atomic E-state index is 0.0159. The topological polar surface area (TPSA) is 38.3 Å². The van der Waals surface area contributed by atoms with Crippen molar-refractivity contribution in [3.8, 4) is 5.75 Å². The second-order valence-corrected chi connectivity index (χ2v) is 5.38. The lowest BCUT2D eigenvalue weighted by molar-refractivity contribution is -0.120. The van der Waals surface area contributed by atoms with Gasteiger partial charge in [0.1, 0.15) is 12.4 Å². The maximum Gasteiger partial charge on any atom is 0.225 e. The number of amides is 1. The molecule has 100 valence electrons. The fraction of sp³-hybridized carbons (Fsp3) is 0.214. The molecule has 2 rings (SSSR count). The number of hydrogen-bond acceptors (Lipinski definition) is 3. The van der Waals surface area contributed by atoms with Crippen LogP contribution in [0.15, 0.2) is 41.8 Å². The molecule has 0 aliphatic carbocycles. The number of thiophene rings is 1. The van der Waals surface area contributed by atoms with Gasteiger partial charge in [0.15, 0.2) is 0 Å². The Hall–Kier alpha value is -1.52. The van der Waals surface area contributed by atoms with Crippen LogP contribution in [0.4, 0.5) is 0 Å². The molecule has 0 unspecified atom stereocenters. The first-order valence-corrected chi connectivity index (χ1v) is 7.17. The summed E-state index contributed by atoms with van der Waals surface area (Å²) in [7, 11) is 0. The highest BCUT2D eigenvalue weighted by Gasteiger charge is 2.03. The molecule has 2 aromatic rings. The average molecular weight is 296 g/mol. The van der Waals surface area contributed by atoms with Gasteiger partial charge in [0, 0.05) is 9.90 Å². The molecule has 1 heterocycles. The standard InChI is InChI=1S/C14H14ClNO2S/c15-11-3-5-12(6-4-11)18-8-7-16-14(17)10-13-2-1-9-19-13/h1-6,9H,7-8,10H2,(H,16,17). The summed E-state index contributed by atoms with van der Waals surface area (Å²) in [5.41, 5.74) is 0. The first-order chi connectivity index (χ1) is 9.24. The monoisotopic (exact) mass is 295 g/mol. The lowest BCUT2D eigenvalue weighted by Gasteiger charge is -2.07. The van der Waals surface area contributed by atoms with Gasteiger partial charge in [0.25, 0.3) is 0 Å². The number of ether oxygens (including phenoxy) is 1. The molecule has 0 atom stereocenters. The first-order valence-electron chi connectivity index (χ1n) is 5.91. The maximum atomic E-state index is 11.6. The third kappa shape index (κ3) is 4.93. The smallest absolute Gasteiger partial charge is 0.225 e. The maximum absolute atomic E-state index is 11.6. The zero-order chi connectivity index (χ0) is 13.5. The molecule has 0 bridgehead atoms. The van der Waals surface area contributed by atoms with Crippen molar-refractivity contribution in [1.29, 1.82) is 0 Å². The summed E-state index contributed by atoms with van der Waals surface area (Å²) < 4.78 is 5.48. The Bertz CT molecular complexity index is 511. The SMILES string of the molecule is O=C(Cc1cccs1)NCCOc1ccc(Cl)cc1. The molecule has 0 fully saturated rings. The number of rotatable bonds is 6. The van der Waals surface area contributed by atoms with Gasteiger partial charge in [0.2, 0.25) is 5.91 Å². The zero-order valence-corrected chi connectivity index (χ0v) is 11.8. The normalized spacial score (nSPS) is 10.2. The molecule has 19 heavy (non-hydrogen) atoms. The molecule has 0 saturated carbocycles. The average Bonchev–Trinajstić information content (AvgIpc) is 2.89. The van der Waals surface area contributed by atoms with Crippen molar-refractivity contribution in [2.75, 3.05) is 13.2 Å². The van der Waals surface area contributed by atoms with E-state index in [1.165, 1.54) is 0 Å². The van der Waals surface area contributed by atoms with Crippen molar-refractivity contribution in [1.82, 2.24) is 5.32 Å². The molecule has 1 aromatic heterocycles. The van der Waals surface area contributed by atoms with Gasteiger partial charge in [-0.25, -0.2) is 0 Å². The molecule has 1 amide bonds. The van der Waals surface area contributed by atoms with Crippen molar-refractivity contribution < 1.29 is 9.53 Å². The Kier molecular flexibility index (Phi) is 5.24. The summed E-state index contributed by atoms with van der Waals surface area (Å²) in [6.07, 6.45) is 0.429. The summed E-state index contributed by atoms with van der Waals surface area (Å²) in [4.78, 5) is 12.7. The molecule has 0 aliphatic heterocycles. The van der Waals surface area contributed by atoms with Crippen molar-refractivity contribution in [3.63, 3.8) is 0 Å². The minimum Gasteiger partial charge on any atom is -0.492 e. The first kappa shape index (κ1) is 13.9. The Morgan fingerprint density at radius 3 is 2.74 bits per heavy atom. The molecule has 0 aliphatic rings. The third-order valence-electron chi connectivity index (χ3n) is 2.42. The molecule has 5 heteroatoms. The van der Waals surface area contributed by atoms with E-state index in [0.717, 1.165) is 10.6 Å². The summed E-state index contributed by atoms with van der Waals surface area (Å²) in [5.74, 6) is 0.763. The van der Waals surface area contributed by atoms with E-state index in [9.17, 15) is 4.79 Å². The fourth-order valence-corrected chi connectivity index (χ4v) is 2.35. The van der Waals surface area contributed by atoms with Crippen LogP contribution >= 0.6 is 22.9 Å². The van der Waals surface area contributed by atoms with Gasteiger partial charge in [-0.3, -0.25) is 4.79 Å². The zero-order valence-electron chi connectivity index (χ0n) is 10.3. The Morgan fingerprint density at radius 2 is 2.05 bits per heavy atom. The Balaban J connectivity index is 1.64. The fourth-order valence-electron chi connectivity index (χ4n) is 1.52. The minimum absolute atomic E-state index is 0.0159. The van der Waals surface area contributed by atoms with Crippen molar-refractivity contribution in [2.24, 2.45) is 0 Å². The van der Waals surface area contributed by atoms with E-state index in [0.29, 0.717) is 24.6 Å². The lowest BCUT2D eigenvalue weighted by Crippen LogP contribution is -2.29. The third-order valence-corrected chi connectivity index (χ3v) is 3.55. The number of carbonyl (C=O) groups is 1. The molecule has 0 saturated heterocycles. The van der Waals surface area contributed by atoms with Crippen molar-refractivity contribution >= 4 is 28.8 Å².